The zero-order chi connectivity index (χ0) is 21.7. The van der Waals surface area contributed by atoms with E-state index in [0.717, 1.165) is 24.9 Å². The summed E-state index contributed by atoms with van der Waals surface area (Å²) in [4.78, 5) is 2.29. The van der Waals surface area contributed by atoms with E-state index in [1.54, 1.807) is 0 Å². The van der Waals surface area contributed by atoms with Crippen molar-refractivity contribution in [2.24, 2.45) is 0 Å². The maximum atomic E-state index is 13.4. The van der Waals surface area contributed by atoms with Crippen molar-refractivity contribution in [1.82, 2.24) is 9.62 Å². The zero-order valence-electron chi connectivity index (χ0n) is 17.8. The molecule has 1 saturated heterocycles. The number of benzene rings is 2. The predicted octanol–water partition coefficient (Wildman–Crippen LogP) is 4.16. The lowest BCUT2D eigenvalue weighted by Crippen LogP contribution is -2.48. The average Bonchev–Trinajstić information content (AvgIpc) is 2.72. The standard InChI is InChI=1S/C23H31FN2O3S/c1-17(2)22-9-4-5-10-23(22)29-16-18(3)26-13-11-20(12-14-26)25-30(27,28)21-8-6-7-19(24)15-21/h4-10,15,17-18,20,25H,11-14,16H2,1-3H3. The van der Waals surface area contributed by atoms with Crippen LogP contribution in [0.15, 0.2) is 53.4 Å². The van der Waals surface area contributed by atoms with Gasteiger partial charge in [0.15, 0.2) is 0 Å². The number of piperidine rings is 1. The average molecular weight is 435 g/mol. The molecule has 1 atom stereocenters. The minimum absolute atomic E-state index is 0.0319. The molecule has 30 heavy (non-hydrogen) atoms. The molecule has 0 aliphatic carbocycles. The summed E-state index contributed by atoms with van der Waals surface area (Å²) in [6.07, 6.45) is 1.42. The van der Waals surface area contributed by atoms with Crippen LogP contribution in [0.1, 0.15) is 45.1 Å². The third kappa shape index (κ3) is 5.80. The van der Waals surface area contributed by atoms with E-state index in [1.807, 2.05) is 18.2 Å². The Kier molecular flexibility index (Phi) is 7.50. The molecule has 1 aliphatic rings. The number of rotatable bonds is 8. The number of nitrogens with zero attached hydrogens (tertiary/aromatic N) is 1. The molecule has 0 saturated carbocycles. The van der Waals surface area contributed by atoms with Crippen molar-refractivity contribution in [2.45, 2.75) is 56.5 Å². The van der Waals surface area contributed by atoms with Gasteiger partial charge in [-0.15, -0.1) is 0 Å². The van der Waals surface area contributed by atoms with Gasteiger partial charge in [0.1, 0.15) is 18.2 Å². The summed E-state index contributed by atoms with van der Waals surface area (Å²) >= 11 is 0. The van der Waals surface area contributed by atoms with Gasteiger partial charge in [0, 0.05) is 25.2 Å². The van der Waals surface area contributed by atoms with Crippen LogP contribution in [0.25, 0.3) is 0 Å². The van der Waals surface area contributed by atoms with E-state index in [9.17, 15) is 12.8 Å². The van der Waals surface area contributed by atoms with Crippen molar-refractivity contribution in [1.29, 1.82) is 0 Å². The minimum atomic E-state index is -3.71. The molecular weight excluding hydrogens is 403 g/mol. The van der Waals surface area contributed by atoms with E-state index in [4.69, 9.17) is 4.74 Å². The Hall–Kier alpha value is -1.96. The fourth-order valence-corrected chi connectivity index (χ4v) is 5.12. The smallest absolute Gasteiger partial charge is 0.240 e. The van der Waals surface area contributed by atoms with Gasteiger partial charge in [0.05, 0.1) is 4.90 Å². The number of hydrogen-bond acceptors (Lipinski definition) is 4. The lowest BCUT2D eigenvalue weighted by atomic mass is 10.0. The highest BCUT2D eigenvalue weighted by atomic mass is 32.2. The minimum Gasteiger partial charge on any atom is -0.492 e. The molecule has 1 heterocycles. The van der Waals surface area contributed by atoms with E-state index in [-0.39, 0.29) is 17.0 Å². The predicted molar refractivity (Wildman–Crippen MR) is 117 cm³/mol. The molecule has 1 N–H and O–H groups in total. The van der Waals surface area contributed by atoms with Crippen LogP contribution in [0.2, 0.25) is 0 Å². The van der Waals surface area contributed by atoms with Gasteiger partial charge in [-0.05, 0) is 55.5 Å². The van der Waals surface area contributed by atoms with Crippen molar-refractivity contribution in [3.63, 3.8) is 0 Å². The first-order valence-electron chi connectivity index (χ1n) is 10.5. The number of likely N-dealkylation sites (tertiary alicyclic amines) is 1. The number of nitrogens with one attached hydrogen (secondary N) is 1. The molecule has 2 aromatic carbocycles. The summed E-state index contributed by atoms with van der Waals surface area (Å²) in [7, 11) is -3.71. The fourth-order valence-electron chi connectivity index (χ4n) is 3.78. The molecule has 0 bridgehead atoms. The van der Waals surface area contributed by atoms with Gasteiger partial charge in [-0.25, -0.2) is 17.5 Å². The third-order valence-electron chi connectivity index (χ3n) is 5.60. The number of hydrogen-bond donors (Lipinski definition) is 1. The summed E-state index contributed by atoms with van der Waals surface area (Å²) in [5.41, 5.74) is 1.20. The highest BCUT2D eigenvalue weighted by molar-refractivity contribution is 7.89. The van der Waals surface area contributed by atoms with E-state index in [2.05, 4.69) is 36.5 Å². The maximum Gasteiger partial charge on any atom is 0.240 e. The van der Waals surface area contributed by atoms with Gasteiger partial charge >= 0.3 is 0 Å². The summed E-state index contributed by atoms with van der Waals surface area (Å²) < 4.78 is 47.2. The van der Waals surface area contributed by atoms with E-state index >= 15 is 0 Å². The van der Waals surface area contributed by atoms with Gasteiger partial charge in [-0.2, -0.15) is 0 Å². The molecule has 0 radical (unpaired) electrons. The van der Waals surface area contributed by atoms with E-state index in [1.165, 1.54) is 23.8 Å². The molecule has 0 spiro atoms. The summed E-state index contributed by atoms with van der Waals surface area (Å²) in [6, 6.07) is 13.3. The molecule has 7 heteroatoms. The van der Waals surface area contributed by atoms with Crippen LogP contribution >= 0.6 is 0 Å². The Morgan fingerprint density at radius 3 is 2.47 bits per heavy atom. The molecule has 0 amide bonds. The molecule has 0 aromatic heterocycles. The first-order chi connectivity index (χ1) is 14.3. The Morgan fingerprint density at radius 1 is 1.10 bits per heavy atom. The van der Waals surface area contributed by atoms with Crippen LogP contribution in [0, 0.1) is 5.82 Å². The van der Waals surface area contributed by atoms with Crippen molar-refractivity contribution >= 4 is 10.0 Å². The molecule has 5 nitrogen and oxygen atoms in total. The molecule has 1 unspecified atom stereocenters. The van der Waals surface area contributed by atoms with E-state index in [0.29, 0.717) is 25.4 Å². The van der Waals surface area contributed by atoms with Crippen molar-refractivity contribution in [3.05, 3.63) is 59.9 Å². The van der Waals surface area contributed by atoms with Crippen LogP contribution in [-0.4, -0.2) is 45.1 Å². The Balaban J connectivity index is 1.50. The number of sulfonamides is 1. The second kappa shape index (κ2) is 9.90. The van der Waals surface area contributed by atoms with Crippen LogP contribution in [0.4, 0.5) is 4.39 Å². The van der Waals surface area contributed by atoms with Crippen LogP contribution < -0.4 is 9.46 Å². The molecule has 1 aliphatic heterocycles. The van der Waals surface area contributed by atoms with E-state index < -0.39 is 15.8 Å². The second-order valence-electron chi connectivity index (χ2n) is 8.24. The molecule has 3 rings (SSSR count). The van der Waals surface area contributed by atoms with Gasteiger partial charge < -0.3 is 4.74 Å². The summed E-state index contributed by atoms with van der Waals surface area (Å²) in [5, 5.41) is 0. The van der Waals surface area contributed by atoms with Crippen molar-refractivity contribution < 1.29 is 17.5 Å². The number of para-hydroxylation sites is 1. The number of halogens is 1. The normalized spacial score (nSPS) is 17.2. The Morgan fingerprint density at radius 2 is 1.80 bits per heavy atom. The molecule has 1 fully saturated rings. The van der Waals surface area contributed by atoms with Gasteiger partial charge in [-0.1, -0.05) is 38.1 Å². The van der Waals surface area contributed by atoms with Crippen LogP contribution in [0.5, 0.6) is 5.75 Å². The van der Waals surface area contributed by atoms with Gasteiger partial charge in [0.25, 0.3) is 0 Å². The lowest BCUT2D eigenvalue weighted by Gasteiger charge is -2.36. The van der Waals surface area contributed by atoms with Crippen molar-refractivity contribution in [3.8, 4) is 5.75 Å². The SMILES string of the molecule is CC(C)c1ccccc1OCC(C)N1CCC(NS(=O)(=O)c2cccc(F)c2)CC1. The first kappa shape index (κ1) is 22.7. The molecule has 2 aromatic rings. The molecule has 164 valence electrons. The third-order valence-corrected chi connectivity index (χ3v) is 7.12. The first-order valence-corrected chi connectivity index (χ1v) is 12.0. The lowest BCUT2D eigenvalue weighted by molar-refractivity contribution is 0.115. The second-order valence-corrected chi connectivity index (χ2v) is 9.96. The Labute approximate surface area is 179 Å². The van der Waals surface area contributed by atoms with Crippen LogP contribution in [-0.2, 0) is 10.0 Å². The largest absolute Gasteiger partial charge is 0.492 e. The zero-order valence-corrected chi connectivity index (χ0v) is 18.7. The van der Waals surface area contributed by atoms with Gasteiger partial charge in [0.2, 0.25) is 10.0 Å². The topological polar surface area (TPSA) is 58.6 Å². The Bertz CT molecular complexity index is 941. The summed E-state index contributed by atoms with van der Waals surface area (Å²) in [5.74, 6) is 0.774. The highest BCUT2D eigenvalue weighted by Crippen LogP contribution is 2.26. The summed E-state index contributed by atoms with van der Waals surface area (Å²) in [6.45, 7) is 8.60. The van der Waals surface area contributed by atoms with Crippen LogP contribution in [0.3, 0.4) is 0 Å². The quantitative estimate of drug-likeness (QED) is 0.678. The maximum absolute atomic E-state index is 13.4. The monoisotopic (exact) mass is 434 g/mol. The fraction of sp³-hybridized carbons (Fsp3) is 0.478. The molecular formula is C23H31FN2O3S. The van der Waals surface area contributed by atoms with Gasteiger partial charge in [-0.3, -0.25) is 4.90 Å². The highest BCUT2D eigenvalue weighted by Gasteiger charge is 2.27. The van der Waals surface area contributed by atoms with Crippen molar-refractivity contribution in [2.75, 3.05) is 19.7 Å². The number of ether oxygens (including phenoxy) is 1.